The molecule has 0 bridgehead atoms. The molecule has 128 valence electrons. The van der Waals surface area contributed by atoms with Gasteiger partial charge in [0, 0.05) is 25.8 Å². The normalized spacial score (nSPS) is 10.5. The molecule has 0 fully saturated rings. The summed E-state index contributed by atoms with van der Waals surface area (Å²) in [6.45, 7) is 4.07. The van der Waals surface area contributed by atoms with Gasteiger partial charge in [-0.3, -0.25) is 4.79 Å². The second-order valence-corrected chi connectivity index (χ2v) is 5.53. The van der Waals surface area contributed by atoms with Crippen LogP contribution in [-0.4, -0.2) is 34.5 Å². The lowest BCUT2D eigenvalue weighted by Gasteiger charge is -2.21. The molecule has 24 heavy (non-hydrogen) atoms. The van der Waals surface area contributed by atoms with E-state index in [-0.39, 0.29) is 24.9 Å². The maximum Gasteiger partial charge on any atom is 0.355 e. The number of nitrogens with zero attached hydrogens (tertiary/aromatic N) is 2. The summed E-state index contributed by atoms with van der Waals surface area (Å²) in [5, 5.41) is 0. The highest BCUT2D eigenvalue weighted by atomic mass is 19.1. The number of hydrogen-bond donors (Lipinski definition) is 0. The lowest BCUT2D eigenvalue weighted by atomic mass is 10.2. The van der Waals surface area contributed by atoms with Crippen molar-refractivity contribution in [2.24, 2.45) is 7.05 Å². The van der Waals surface area contributed by atoms with Crippen molar-refractivity contribution in [3.8, 4) is 0 Å². The number of carbonyl (C=O) groups excluding carboxylic acids is 2. The number of likely N-dealkylation sites (N-methyl/N-ethyl adjacent to an activating group) is 1. The Labute approximate surface area is 140 Å². The van der Waals surface area contributed by atoms with Crippen molar-refractivity contribution in [1.29, 1.82) is 0 Å². The van der Waals surface area contributed by atoms with Crippen LogP contribution in [0.1, 0.15) is 28.7 Å². The number of ether oxygens (including phenoxy) is 1. The van der Waals surface area contributed by atoms with Gasteiger partial charge in [-0.15, -0.1) is 0 Å². The van der Waals surface area contributed by atoms with Crippen LogP contribution in [0.5, 0.6) is 0 Å². The van der Waals surface area contributed by atoms with Gasteiger partial charge in [-0.1, -0.05) is 12.1 Å². The van der Waals surface area contributed by atoms with Crippen LogP contribution >= 0.6 is 0 Å². The molecule has 1 amide bonds. The molecule has 0 radical (unpaired) electrons. The molecule has 5 nitrogen and oxygen atoms in total. The SMILES string of the molecule is CCN(Cc1cccc(F)c1)C(=O)COC(=O)c1ccc(C)n1C. The number of halogens is 1. The smallest absolute Gasteiger partial charge is 0.355 e. The highest BCUT2D eigenvalue weighted by Crippen LogP contribution is 2.09. The number of rotatable bonds is 6. The summed E-state index contributed by atoms with van der Waals surface area (Å²) in [6.07, 6.45) is 0. The first-order valence-corrected chi connectivity index (χ1v) is 7.74. The number of hydrogen-bond acceptors (Lipinski definition) is 3. The van der Waals surface area contributed by atoms with E-state index >= 15 is 0 Å². The molecule has 6 heteroatoms. The summed E-state index contributed by atoms with van der Waals surface area (Å²) in [5.41, 5.74) is 2.01. The zero-order valence-electron chi connectivity index (χ0n) is 14.1. The zero-order valence-corrected chi connectivity index (χ0v) is 14.1. The van der Waals surface area contributed by atoms with E-state index in [9.17, 15) is 14.0 Å². The van der Waals surface area contributed by atoms with E-state index in [0.29, 0.717) is 17.8 Å². The minimum absolute atomic E-state index is 0.272. The van der Waals surface area contributed by atoms with Crippen LogP contribution in [0.15, 0.2) is 36.4 Å². The molecule has 0 saturated heterocycles. The topological polar surface area (TPSA) is 51.5 Å². The highest BCUT2D eigenvalue weighted by molar-refractivity contribution is 5.90. The molecule has 1 aromatic heterocycles. The van der Waals surface area contributed by atoms with Gasteiger partial charge in [0.05, 0.1) is 0 Å². The van der Waals surface area contributed by atoms with Crippen molar-refractivity contribution < 1.29 is 18.7 Å². The number of aromatic nitrogens is 1. The van der Waals surface area contributed by atoms with Gasteiger partial charge >= 0.3 is 5.97 Å². The zero-order chi connectivity index (χ0) is 17.7. The van der Waals surface area contributed by atoms with Gasteiger partial charge in [0.15, 0.2) is 6.61 Å². The maximum absolute atomic E-state index is 13.2. The van der Waals surface area contributed by atoms with Crippen molar-refractivity contribution >= 4 is 11.9 Å². The lowest BCUT2D eigenvalue weighted by molar-refractivity contribution is -0.135. The second kappa shape index (κ2) is 7.77. The highest BCUT2D eigenvalue weighted by Gasteiger charge is 2.17. The molecule has 0 spiro atoms. The first-order chi connectivity index (χ1) is 11.4. The Balaban J connectivity index is 1.94. The summed E-state index contributed by atoms with van der Waals surface area (Å²) in [7, 11) is 1.76. The first-order valence-electron chi connectivity index (χ1n) is 7.74. The number of amides is 1. The van der Waals surface area contributed by atoms with Crippen LogP contribution in [-0.2, 0) is 23.1 Å². The first kappa shape index (κ1) is 17.7. The van der Waals surface area contributed by atoms with E-state index in [1.807, 2.05) is 13.8 Å². The molecule has 0 aliphatic carbocycles. The third-order valence-electron chi connectivity index (χ3n) is 3.91. The van der Waals surface area contributed by atoms with E-state index in [1.165, 1.54) is 17.0 Å². The number of benzene rings is 1. The van der Waals surface area contributed by atoms with Gasteiger partial charge in [0.25, 0.3) is 5.91 Å². The van der Waals surface area contributed by atoms with E-state index in [4.69, 9.17) is 4.74 Å². The summed E-state index contributed by atoms with van der Waals surface area (Å²) < 4.78 is 20.0. The van der Waals surface area contributed by atoms with Crippen LogP contribution < -0.4 is 0 Å². The third kappa shape index (κ3) is 4.22. The number of esters is 1. The Morgan fingerprint density at radius 3 is 2.58 bits per heavy atom. The van der Waals surface area contributed by atoms with Crippen LogP contribution in [0.2, 0.25) is 0 Å². The number of carbonyl (C=O) groups is 2. The molecule has 1 heterocycles. The molecule has 0 N–H and O–H groups in total. The molecule has 0 unspecified atom stereocenters. The van der Waals surface area contributed by atoms with Gasteiger partial charge in [-0.25, -0.2) is 9.18 Å². The monoisotopic (exact) mass is 332 g/mol. The molecule has 0 aliphatic heterocycles. The van der Waals surface area contributed by atoms with E-state index < -0.39 is 5.97 Å². The van der Waals surface area contributed by atoms with Crippen LogP contribution in [0, 0.1) is 12.7 Å². The minimum atomic E-state index is -0.541. The Hall–Kier alpha value is -2.63. The molecular weight excluding hydrogens is 311 g/mol. The van der Waals surface area contributed by atoms with Crippen molar-refractivity contribution in [2.75, 3.05) is 13.2 Å². The van der Waals surface area contributed by atoms with Crippen LogP contribution in [0.25, 0.3) is 0 Å². The summed E-state index contributed by atoms with van der Waals surface area (Å²) in [6, 6.07) is 9.55. The van der Waals surface area contributed by atoms with E-state index in [0.717, 1.165) is 5.69 Å². The average molecular weight is 332 g/mol. The fourth-order valence-electron chi connectivity index (χ4n) is 2.34. The fourth-order valence-corrected chi connectivity index (χ4v) is 2.34. The van der Waals surface area contributed by atoms with Gasteiger partial charge in [-0.05, 0) is 43.7 Å². The number of aryl methyl sites for hydroxylation is 1. The van der Waals surface area contributed by atoms with Gasteiger partial charge < -0.3 is 14.2 Å². The molecule has 2 rings (SSSR count). The largest absolute Gasteiger partial charge is 0.451 e. The Morgan fingerprint density at radius 1 is 1.25 bits per heavy atom. The van der Waals surface area contributed by atoms with Crippen molar-refractivity contribution in [3.05, 3.63) is 59.2 Å². The van der Waals surface area contributed by atoms with Crippen molar-refractivity contribution in [3.63, 3.8) is 0 Å². The summed E-state index contributed by atoms with van der Waals surface area (Å²) in [4.78, 5) is 25.8. The molecular formula is C18H21FN2O3. The second-order valence-electron chi connectivity index (χ2n) is 5.53. The fraction of sp³-hybridized carbons (Fsp3) is 0.333. The summed E-state index contributed by atoms with van der Waals surface area (Å²) in [5.74, 6) is -1.21. The molecule has 1 aromatic carbocycles. The van der Waals surface area contributed by atoms with Crippen molar-refractivity contribution in [1.82, 2.24) is 9.47 Å². The van der Waals surface area contributed by atoms with Crippen LogP contribution in [0.3, 0.4) is 0 Å². The van der Waals surface area contributed by atoms with Crippen LogP contribution in [0.4, 0.5) is 4.39 Å². The maximum atomic E-state index is 13.2. The van der Waals surface area contributed by atoms with Gasteiger partial charge in [0.2, 0.25) is 0 Å². The van der Waals surface area contributed by atoms with E-state index in [2.05, 4.69) is 0 Å². The lowest BCUT2D eigenvalue weighted by Crippen LogP contribution is -2.34. The third-order valence-corrected chi connectivity index (χ3v) is 3.91. The quantitative estimate of drug-likeness (QED) is 0.764. The minimum Gasteiger partial charge on any atom is -0.451 e. The predicted octanol–water partition coefficient (Wildman–Crippen LogP) is 2.68. The molecule has 0 saturated carbocycles. The van der Waals surface area contributed by atoms with Gasteiger partial charge in [-0.2, -0.15) is 0 Å². The Kier molecular flexibility index (Phi) is 5.73. The average Bonchev–Trinajstić information content (AvgIpc) is 2.89. The standard InChI is InChI=1S/C18H21FN2O3/c1-4-21(11-14-6-5-7-15(19)10-14)17(22)12-24-18(23)16-9-8-13(2)20(16)3/h5-10H,4,11-12H2,1-3H3. The molecule has 0 aliphatic rings. The summed E-state index contributed by atoms with van der Waals surface area (Å²) >= 11 is 0. The molecule has 2 aromatic rings. The van der Waals surface area contributed by atoms with Crippen molar-refractivity contribution in [2.45, 2.75) is 20.4 Å². The molecule has 0 atom stereocenters. The van der Waals surface area contributed by atoms with Gasteiger partial charge in [0.1, 0.15) is 11.5 Å². The predicted molar refractivity (Wildman–Crippen MR) is 87.9 cm³/mol. The van der Waals surface area contributed by atoms with E-state index in [1.54, 1.807) is 35.9 Å². The Bertz CT molecular complexity index is 740. The Morgan fingerprint density at radius 2 is 2.00 bits per heavy atom.